The molecule has 0 radical (unpaired) electrons. The third kappa shape index (κ3) is 2.86. The van der Waals surface area contributed by atoms with E-state index in [1.54, 1.807) is 0 Å². The van der Waals surface area contributed by atoms with Crippen LogP contribution in [-0.2, 0) is 19.4 Å². The largest absolute Gasteiger partial charge is 0.493 e. The van der Waals surface area contributed by atoms with Gasteiger partial charge in [-0.1, -0.05) is 30.3 Å². The first-order chi connectivity index (χ1) is 12.8. The van der Waals surface area contributed by atoms with Crippen molar-refractivity contribution in [3.8, 4) is 11.1 Å². The highest BCUT2D eigenvalue weighted by molar-refractivity contribution is 7.52. The number of rotatable bonds is 3. The molecule has 0 saturated heterocycles. The van der Waals surface area contributed by atoms with Crippen LogP contribution in [0.5, 0.6) is 5.75 Å². The van der Waals surface area contributed by atoms with Crippen LogP contribution < -0.4 is 4.74 Å². The maximum absolute atomic E-state index is 5.76. The normalized spacial score (nSPS) is 18.1. The van der Waals surface area contributed by atoms with Gasteiger partial charge in [0, 0.05) is 45.0 Å². The fourth-order valence-electron chi connectivity index (χ4n) is 4.03. The Labute approximate surface area is 155 Å². The number of fused-ring (bicyclic) bond motifs is 2. The molecule has 3 nitrogen and oxygen atoms in total. The molecule has 3 aromatic rings. The van der Waals surface area contributed by atoms with Gasteiger partial charge in [-0.25, -0.2) is 4.75 Å². The van der Waals surface area contributed by atoms with Crippen molar-refractivity contribution in [2.75, 3.05) is 13.2 Å². The predicted octanol–water partition coefficient (Wildman–Crippen LogP) is 5.11. The maximum atomic E-state index is 5.76. The molecular formula is C22H23N2OP. The van der Waals surface area contributed by atoms with Crippen molar-refractivity contribution in [2.45, 2.75) is 32.4 Å². The summed E-state index contributed by atoms with van der Waals surface area (Å²) in [5, 5.41) is 1.35. The Morgan fingerprint density at radius 2 is 1.96 bits per heavy atom. The molecular weight excluding hydrogens is 339 g/mol. The van der Waals surface area contributed by atoms with Crippen LogP contribution in [0.25, 0.3) is 5.30 Å². The number of hydrogen-bond acceptors (Lipinski definition) is 3. The number of nitrogens with zero attached hydrogens (tertiary/aromatic N) is 2. The zero-order chi connectivity index (χ0) is 17.5. The van der Waals surface area contributed by atoms with Gasteiger partial charge in [0.15, 0.2) is 0 Å². The highest BCUT2D eigenvalue weighted by atomic mass is 31.1. The van der Waals surface area contributed by atoms with Crippen molar-refractivity contribution in [1.29, 1.82) is 0 Å². The van der Waals surface area contributed by atoms with Gasteiger partial charge >= 0.3 is 0 Å². The molecule has 1 aromatic heterocycles. The van der Waals surface area contributed by atoms with Crippen LogP contribution in [-0.4, -0.2) is 22.8 Å². The third-order valence-corrected chi connectivity index (χ3v) is 7.50. The minimum absolute atomic E-state index is 0.399. The summed E-state index contributed by atoms with van der Waals surface area (Å²) in [5.41, 5.74) is 5.48. The molecule has 2 atom stereocenters. The molecule has 0 aliphatic carbocycles. The van der Waals surface area contributed by atoms with E-state index in [1.165, 1.54) is 27.7 Å². The van der Waals surface area contributed by atoms with Gasteiger partial charge in [-0.05, 0) is 47.6 Å². The summed E-state index contributed by atoms with van der Waals surface area (Å²) in [7, 11) is -0.508. The lowest BCUT2D eigenvalue weighted by atomic mass is 10.0. The van der Waals surface area contributed by atoms with E-state index in [9.17, 15) is 0 Å². The number of hydrogen-bond donors (Lipinski definition) is 0. The van der Waals surface area contributed by atoms with Crippen molar-refractivity contribution < 1.29 is 4.74 Å². The van der Waals surface area contributed by atoms with E-state index >= 15 is 0 Å². The molecule has 132 valence electrons. The second kappa shape index (κ2) is 6.57. The van der Waals surface area contributed by atoms with E-state index in [1.807, 2.05) is 0 Å². The predicted molar refractivity (Wildman–Crippen MR) is 106 cm³/mol. The minimum Gasteiger partial charge on any atom is -0.493 e. The molecule has 0 spiro atoms. The first-order valence-corrected chi connectivity index (χ1v) is 10.8. The van der Waals surface area contributed by atoms with Gasteiger partial charge in [0.25, 0.3) is 0 Å². The Hall–Kier alpha value is -2.09. The zero-order valence-electron chi connectivity index (χ0n) is 15.1. The summed E-state index contributed by atoms with van der Waals surface area (Å²) in [6.45, 7) is 5.22. The topological polar surface area (TPSA) is 25.4 Å². The van der Waals surface area contributed by atoms with Crippen molar-refractivity contribution in [2.24, 2.45) is 0 Å². The maximum Gasteiger partial charge on any atom is 0.122 e. The average molecular weight is 362 g/mol. The molecule has 0 bridgehead atoms. The summed E-state index contributed by atoms with van der Waals surface area (Å²) in [6.07, 6.45) is 2.10. The summed E-state index contributed by atoms with van der Waals surface area (Å²) in [6, 6.07) is 17.9. The molecule has 2 unspecified atom stereocenters. The molecule has 0 saturated carbocycles. The molecule has 4 heteroatoms. The van der Waals surface area contributed by atoms with Gasteiger partial charge in [0.2, 0.25) is 0 Å². The van der Waals surface area contributed by atoms with Gasteiger partial charge in [0.1, 0.15) is 5.75 Å². The Bertz CT molecular complexity index is 935. The fraction of sp³-hybridized carbons (Fsp3) is 0.318. The monoisotopic (exact) mass is 362 g/mol. The van der Waals surface area contributed by atoms with E-state index in [0.29, 0.717) is 6.04 Å². The van der Waals surface area contributed by atoms with Crippen LogP contribution in [0.2, 0.25) is 0 Å². The Morgan fingerprint density at radius 3 is 2.85 bits per heavy atom. The van der Waals surface area contributed by atoms with E-state index < -0.39 is 7.69 Å². The van der Waals surface area contributed by atoms with Crippen molar-refractivity contribution in [3.05, 3.63) is 76.7 Å². The SMILES string of the molecule is CC(c1ccc2c(c1)OCC2)N1CCc2np(-c3ccccc3)cc2C1. The van der Waals surface area contributed by atoms with Gasteiger partial charge in [-0.2, -0.15) is 0 Å². The second-order valence-electron chi connectivity index (χ2n) is 7.24. The van der Waals surface area contributed by atoms with Gasteiger partial charge in [-0.3, -0.25) is 4.90 Å². The Morgan fingerprint density at radius 1 is 1.08 bits per heavy atom. The summed E-state index contributed by atoms with van der Waals surface area (Å²) >= 11 is 0. The standard InChI is InChI=1S/C22H23N2OP/c1-16(18-8-7-17-10-12-25-22(17)13-18)24-11-9-21-19(14-24)15-26(23-21)20-5-3-2-4-6-20/h2-8,13,15-16H,9-12,14H2,1H3. The van der Waals surface area contributed by atoms with E-state index in [2.05, 4.69) is 66.2 Å². The molecule has 0 amide bonds. The van der Waals surface area contributed by atoms with Crippen LogP contribution in [0.1, 0.15) is 35.3 Å². The molecule has 2 aromatic carbocycles. The lowest BCUT2D eigenvalue weighted by molar-refractivity contribution is 0.191. The van der Waals surface area contributed by atoms with Crippen molar-refractivity contribution in [3.63, 3.8) is 0 Å². The molecule has 3 heterocycles. The van der Waals surface area contributed by atoms with Crippen LogP contribution >= 0.6 is 7.69 Å². The molecule has 26 heavy (non-hydrogen) atoms. The van der Waals surface area contributed by atoms with Gasteiger partial charge in [-0.15, -0.1) is 0 Å². The first-order valence-electron chi connectivity index (χ1n) is 9.40. The number of benzene rings is 2. The molecule has 5 rings (SSSR count). The lowest BCUT2D eigenvalue weighted by Gasteiger charge is -2.32. The smallest absolute Gasteiger partial charge is 0.122 e. The third-order valence-electron chi connectivity index (χ3n) is 5.66. The molecule has 2 aliphatic rings. The van der Waals surface area contributed by atoms with Crippen molar-refractivity contribution in [1.82, 2.24) is 9.65 Å². The van der Waals surface area contributed by atoms with Crippen LogP contribution in [0, 0.1) is 0 Å². The lowest BCUT2D eigenvalue weighted by Crippen LogP contribution is -2.32. The first kappa shape index (κ1) is 16.1. The Kier molecular flexibility index (Phi) is 4.07. The summed E-state index contributed by atoms with van der Waals surface area (Å²) in [4.78, 5) is 2.57. The van der Waals surface area contributed by atoms with Crippen LogP contribution in [0.3, 0.4) is 0 Å². The van der Waals surface area contributed by atoms with Crippen LogP contribution in [0.15, 0.2) is 54.3 Å². The van der Waals surface area contributed by atoms with E-state index in [4.69, 9.17) is 9.48 Å². The molecule has 2 aliphatic heterocycles. The second-order valence-corrected chi connectivity index (χ2v) is 8.91. The minimum atomic E-state index is -0.508. The average Bonchev–Trinajstić information content (AvgIpc) is 3.33. The van der Waals surface area contributed by atoms with E-state index in [-0.39, 0.29) is 0 Å². The summed E-state index contributed by atoms with van der Waals surface area (Å²) in [5.74, 6) is 3.51. The van der Waals surface area contributed by atoms with Gasteiger partial charge in [0.05, 0.1) is 12.3 Å². The zero-order valence-corrected chi connectivity index (χ0v) is 16.0. The number of ether oxygens (including phenoxy) is 1. The number of aromatic nitrogens is 1. The van der Waals surface area contributed by atoms with E-state index in [0.717, 1.165) is 38.3 Å². The molecule has 0 fully saturated rings. The molecule has 0 N–H and O–H groups in total. The highest BCUT2D eigenvalue weighted by Crippen LogP contribution is 2.41. The Balaban J connectivity index is 1.38. The van der Waals surface area contributed by atoms with Gasteiger partial charge < -0.3 is 4.74 Å². The van der Waals surface area contributed by atoms with Crippen LogP contribution in [0.4, 0.5) is 0 Å². The fourth-order valence-corrected chi connectivity index (χ4v) is 5.85. The van der Waals surface area contributed by atoms with Crippen molar-refractivity contribution >= 4 is 7.69 Å². The summed E-state index contributed by atoms with van der Waals surface area (Å²) < 4.78 is 10.8. The quantitative estimate of drug-likeness (QED) is 0.647. The highest BCUT2D eigenvalue weighted by Gasteiger charge is 2.25.